The molecule has 0 radical (unpaired) electrons. The number of likely N-dealkylation sites (tertiary alicyclic amines) is 1. The molecule has 0 spiro atoms. The molecule has 5 heteroatoms. The van der Waals surface area contributed by atoms with Gasteiger partial charge in [0.25, 0.3) is 0 Å². The maximum atomic E-state index is 3.22. The molecular formula is C29H61N4U-. The van der Waals surface area contributed by atoms with E-state index in [1.54, 1.807) is 0 Å². The van der Waals surface area contributed by atoms with Crippen molar-refractivity contribution in [1.82, 2.24) is 19.6 Å². The fourth-order valence-electron chi connectivity index (χ4n) is 4.33. The first kappa shape index (κ1) is 36.8. The van der Waals surface area contributed by atoms with E-state index in [1.165, 1.54) is 58.7 Å². The van der Waals surface area contributed by atoms with Crippen LogP contribution in [0.5, 0.6) is 0 Å². The Balaban J connectivity index is 0. The molecule has 4 nitrogen and oxygen atoms in total. The fourth-order valence-corrected chi connectivity index (χ4v) is 4.33. The summed E-state index contributed by atoms with van der Waals surface area (Å²) in [7, 11) is 2.19. The molecule has 0 aromatic carbocycles. The molecule has 2 saturated heterocycles. The van der Waals surface area contributed by atoms with Gasteiger partial charge in [0.1, 0.15) is 0 Å². The van der Waals surface area contributed by atoms with Crippen LogP contribution < -0.4 is 0 Å². The second kappa shape index (κ2) is 16.5. The minimum atomic E-state index is 0. The second-order valence-electron chi connectivity index (χ2n) is 13.1. The predicted molar refractivity (Wildman–Crippen MR) is 149 cm³/mol. The molecule has 3 aliphatic rings. The van der Waals surface area contributed by atoms with Gasteiger partial charge < -0.3 is 15.9 Å². The quantitative estimate of drug-likeness (QED) is 0.286. The van der Waals surface area contributed by atoms with E-state index in [0.717, 1.165) is 18.9 Å². The molecular weight excluding hydrogens is 642 g/mol. The maximum absolute atomic E-state index is 3.22. The van der Waals surface area contributed by atoms with Crippen LogP contribution in [0.1, 0.15) is 95.9 Å². The van der Waals surface area contributed by atoms with Crippen molar-refractivity contribution in [2.24, 2.45) is 5.92 Å². The van der Waals surface area contributed by atoms with Crippen LogP contribution in [0.15, 0.2) is 6.08 Å². The Bertz CT molecular complexity index is 494. The average molecular weight is 704 g/mol. The zero-order valence-electron chi connectivity index (χ0n) is 24.2. The summed E-state index contributed by atoms with van der Waals surface area (Å²) >= 11 is 0. The minimum absolute atomic E-state index is 0. The molecule has 0 amide bonds. The number of hydrogen-bond acceptors (Lipinski definition) is 4. The van der Waals surface area contributed by atoms with Crippen LogP contribution in [0.3, 0.4) is 0 Å². The van der Waals surface area contributed by atoms with E-state index in [1.807, 2.05) is 0 Å². The summed E-state index contributed by atoms with van der Waals surface area (Å²) in [5.74, 6) is 0.952. The van der Waals surface area contributed by atoms with Crippen molar-refractivity contribution in [2.75, 3.05) is 59.4 Å². The first-order chi connectivity index (χ1) is 14.6. The fraction of sp³-hybridized carbons (Fsp3) is 0.931. The Hall–Kier alpha value is 0.632. The third-order valence-corrected chi connectivity index (χ3v) is 7.12. The van der Waals surface area contributed by atoms with E-state index in [0.29, 0.717) is 16.6 Å². The molecule has 3 heterocycles. The van der Waals surface area contributed by atoms with Gasteiger partial charge in [-0.3, -0.25) is 15.9 Å². The number of rotatable bonds is 0. The number of piperidine rings is 1. The molecule has 0 saturated carbocycles. The molecule has 0 atom stereocenters. The largest absolute Gasteiger partial charge is 0.498 e. The number of likely N-dealkylation sites (N-methyl/N-ethyl adjacent to an activating group) is 1. The molecule has 0 aromatic heterocycles. The zero-order valence-corrected chi connectivity index (χ0v) is 28.4. The SMILES string of the molecule is C.CC(C)(C)N1CC=[C-]CC1.CC1CCN(C(C)(C)C)CC1.CN1CCN(C(C)(C)C)CC1.[U]. The Morgan fingerprint density at radius 1 is 0.647 bits per heavy atom. The second-order valence-corrected chi connectivity index (χ2v) is 13.1. The van der Waals surface area contributed by atoms with E-state index in [-0.39, 0.29) is 38.5 Å². The van der Waals surface area contributed by atoms with Gasteiger partial charge in [-0.1, -0.05) is 14.4 Å². The summed E-state index contributed by atoms with van der Waals surface area (Å²) in [6.07, 6.45) is 9.22. The molecule has 3 rings (SSSR count). The molecule has 0 unspecified atom stereocenters. The third-order valence-electron chi connectivity index (χ3n) is 7.12. The Morgan fingerprint density at radius 2 is 1.06 bits per heavy atom. The Labute approximate surface area is 239 Å². The molecule has 202 valence electrons. The van der Waals surface area contributed by atoms with Crippen molar-refractivity contribution in [1.29, 1.82) is 0 Å². The zero-order chi connectivity index (χ0) is 24.6. The van der Waals surface area contributed by atoms with E-state index < -0.39 is 0 Å². The van der Waals surface area contributed by atoms with E-state index in [9.17, 15) is 0 Å². The molecule has 3 aliphatic heterocycles. The smallest absolute Gasteiger partial charge is 0.0126 e. The Kier molecular flexibility index (Phi) is 17.8. The van der Waals surface area contributed by atoms with Crippen LogP contribution in [0.2, 0.25) is 0 Å². The standard InChI is InChI=1S/C10H21N.C9H20N2.C9H16N.CH4.U/c1-9-5-7-11(8-6-9)10(2,3)4;1-9(2,3)11-7-5-10(4)6-8-11;1-9(2,3)10-7-5-4-6-8-10;;/h9H,5-8H2,1-4H3;5-8H2,1-4H3;5H,6-8H2,1-3H3;1H4;/q;;-1;;. The Morgan fingerprint density at radius 3 is 1.38 bits per heavy atom. The number of piperazine rings is 1. The number of nitrogens with zero attached hydrogens (tertiary/aromatic N) is 4. The van der Waals surface area contributed by atoms with Crippen LogP contribution >= 0.6 is 0 Å². The molecule has 0 aliphatic carbocycles. The molecule has 0 aromatic rings. The molecule has 2 fully saturated rings. The van der Waals surface area contributed by atoms with Gasteiger partial charge in [0.05, 0.1) is 0 Å². The normalized spacial score (nSPS) is 21.9. The maximum Gasteiger partial charge on any atom is 0.0126 e. The van der Waals surface area contributed by atoms with Crippen LogP contribution in [0, 0.1) is 43.1 Å². The van der Waals surface area contributed by atoms with Crippen molar-refractivity contribution >= 4 is 0 Å². The van der Waals surface area contributed by atoms with E-state index in [4.69, 9.17) is 0 Å². The summed E-state index contributed by atoms with van der Waals surface area (Å²) in [4.78, 5) is 9.99. The van der Waals surface area contributed by atoms with E-state index >= 15 is 0 Å². The van der Waals surface area contributed by atoms with E-state index in [2.05, 4.69) is 108 Å². The predicted octanol–water partition coefficient (Wildman–Crippen LogP) is 6.04. The van der Waals surface area contributed by atoms with Crippen LogP contribution in [0.4, 0.5) is 0 Å². The molecule has 34 heavy (non-hydrogen) atoms. The summed E-state index contributed by atoms with van der Waals surface area (Å²) < 4.78 is 0. The molecule has 0 bridgehead atoms. The van der Waals surface area contributed by atoms with Crippen LogP contribution in [0.25, 0.3) is 0 Å². The van der Waals surface area contributed by atoms with Gasteiger partial charge in [-0.25, -0.2) is 0 Å². The third kappa shape index (κ3) is 15.0. The van der Waals surface area contributed by atoms with Gasteiger partial charge in [0.2, 0.25) is 0 Å². The number of hydrogen-bond donors (Lipinski definition) is 0. The van der Waals surface area contributed by atoms with Crippen molar-refractivity contribution in [2.45, 2.75) is 113 Å². The van der Waals surface area contributed by atoms with Gasteiger partial charge >= 0.3 is 0 Å². The monoisotopic (exact) mass is 704 g/mol. The van der Waals surface area contributed by atoms with Crippen molar-refractivity contribution < 1.29 is 31.1 Å². The topological polar surface area (TPSA) is 13.0 Å². The summed E-state index contributed by atoms with van der Waals surface area (Å²) in [6, 6.07) is 0. The van der Waals surface area contributed by atoms with Gasteiger partial charge in [-0.2, -0.15) is 6.42 Å². The van der Waals surface area contributed by atoms with Gasteiger partial charge in [0.15, 0.2) is 0 Å². The summed E-state index contributed by atoms with van der Waals surface area (Å²) in [5, 5.41) is 0. The van der Waals surface area contributed by atoms with Crippen molar-refractivity contribution in [3.63, 3.8) is 0 Å². The van der Waals surface area contributed by atoms with Crippen molar-refractivity contribution in [3.8, 4) is 0 Å². The van der Waals surface area contributed by atoms with Crippen LogP contribution in [-0.4, -0.2) is 95.6 Å². The van der Waals surface area contributed by atoms with Crippen molar-refractivity contribution in [3.05, 3.63) is 12.2 Å². The van der Waals surface area contributed by atoms with Crippen LogP contribution in [-0.2, 0) is 0 Å². The van der Waals surface area contributed by atoms with Gasteiger partial charge in [0, 0.05) is 73.9 Å². The summed E-state index contributed by atoms with van der Waals surface area (Å²) in [5.41, 5.74) is 1.08. The first-order valence-electron chi connectivity index (χ1n) is 13.1. The first-order valence-corrected chi connectivity index (χ1v) is 13.1. The minimum Gasteiger partial charge on any atom is -0.498 e. The van der Waals surface area contributed by atoms with Gasteiger partial charge in [-0.05, 0) is 114 Å². The van der Waals surface area contributed by atoms with Gasteiger partial charge in [-0.15, -0.1) is 0 Å². The molecule has 0 N–H and O–H groups in total. The summed E-state index contributed by atoms with van der Waals surface area (Å²) in [6.45, 7) is 32.6. The average Bonchev–Trinajstić information content (AvgIpc) is 2.68.